The van der Waals surface area contributed by atoms with E-state index in [1.807, 2.05) is 31.4 Å². The molecule has 0 aromatic carbocycles. The number of rotatable bonds is 1. The fraction of sp³-hybridized carbons (Fsp3) is 0.500. The van der Waals surface area contributed by atoms with E-state index in [2.05, 4.69) is 9.97 Å². The monoisotopic (exact) mass is 308 g/mol. The second kappa shape index (κ2) is 4.87. The second-order valence-electron chi connectivity index (χ2n) is 6.17. The predicted octanol–water partition coefficient (Wildman–Crippen LogP) is 2.72. The molecule has 0 atom stereocenters. The van der Waals surface area contributed by atoms with Crippen LogP contribution in [-0.4, -0.2) is 44.1 Å². The van der Waals surface area contributed by atoms with Gasteiger partial charge in [-0.2, -0.15) is 0 Å². The number of fused-ring (bicyclic) bond motifs is 1. The van der Waals surface area contributed by atoms with Crippen molar-refractivity contribution in [2.24, 2.45) is 0 Å². The van der Waals surface area contributed by atoms with Crippen molar-refractivity contribution < 1.29 is 9.53 Å². The SMILES string of the molecule is CC(C)(C)OC(=O)N1CC(c2ncc3c(Cl)nccn23)C1. The largest absolute Gasteiger partial charge is 0.444 e. The Morgan fingerprint density at radius 3 is 2.76 bits per heavy atom. The van der Waals surface area contributed by atoms with Gasteiger partial charge in [0, 0.05) is 25.5 Å². The van der Waals surface area contributed by atoms with Crippen molar-refractivity contribution >= 4 is 23.2 Å². The van der Waals surface area contributed by atoms with Crippen molar-refractivity contribution in [2.75, 3.05) is 13.1 Å². The Kier molecular flexibility index (Phi) is 3.28. The minimum atomic E-state index is -0.471. The third kappa shape index (κ3) is 2.68. The predicted molar refractivity (Wildman–Crippen MR) is 78.5 cm³/mol. The van der Waals surface area contributed by atoms with E-state index >= 15 is 0 Å². The lowest BCUT2D eigenvalue weighted by Crippen LogP contribution is -2.50. The third-order valence-electron chi connectivity index (χ3n) is 3.34. The number of imidazole rings is 1. The molecule has 112 valence electrons. The first kappa shape index (κ1) is 14.1. The van der Waals surface area contributed by atoms with Crippen molar-refractivity contribution in [3.05, 3.63) is 29.6 Å². The highest BCUT2D eigenvalue weighted by Gasteiger charge is 2.36. The van der Waals surface area contributed by atoms with E-state index in [9.17, 15) is 4.79 Å². The first-order chi connectivity index (χ1) is 9.85. The van der Waals surface area contributed by atoms with Gasteiger partial charge in [0.25, 0.3) is 0 Å². The minimum absolute atomic E-state index is 0.193. The van der Waals surface area contributed by atoms with Crippen LogP contribution in [-0.2, 0) is 4.74 Å². The van der Waals surface area contributed by atoms with E-state index in [-0.39, 0.29) is 12.0 Å². The summed E-state index contributed by atoms with van der Waals surface area (Å²) in [7, 11) is 0. The van der Waals surface area contributed by atoms with Crippen LogP contribution in [0.15, 0.2) is 18.6 Å². The number of carbonyl (C=O) groups is 1. The number of halogens is 1. The van der Waals surface area contributed by atoms with Crippen LogP contribution >= 0.6 is 11.6 Å². The summed E-state index contributed by atoms with van der Waals surface area (Å²) < 4.78 is 7.27. The third-order valence-corrected chi connectivity index (χ3v) is 3.63. The van der Waals surface area contributed by atoms with Crippen LogP contribution < -0.4 is 0 Å². The van der Waals surface area contributed by atoms with Crippen LogP contribution in [0, 0.1) is 0 Å². The highest BCUT2D eigenvalue weighted by molar-refractivity contribution is 6.32. The second-order valence-corrected chi connectivity index (χ2v) is 6.53. The summed E-state index contributed by atoms with van der Waals surface area (Å²) in [5.41, 5.74) is 0.311. The van der Waals surface area contributed by atoms with Crippen LogP contribution in [0.3, 0.4) is 0 Å². The van der Waals surface area contributed by atoms with Crippen LogP contribution in [0.2, 0.25) is 5.15 Å². The van der Waals surface area contributed by atoms with E-state index in [0.29, 0.717) is 18.2 Å². The molecule has 2 aromatic heterocycles. The van der Waals surface area contributed by atoms with Gasteiger partial charge < -0.3 is 9.64 Å². The topological polar surface area (TPSA) is 59.7 Å². The number of carbonyl (C=O) groups excluding carboxylic acids is 1. The Labute approximate surface area is 127 Å². The van der Waals surface area contributed by atoms with Gasteiger partial charge in [0.05, 0.1) is 12.1 Å². The molecule has 3 rings (SSSR count). The number of nitrogens with zero attached hydrogens (tertiary/aromatic N) is 4. The highest BCUT2D eigenvalue weighted by Crippen LogP contribution is 2.29. The molecule has 1 amide bonds. The maximum Gasteiger partial charge on any atom is 0.410 e. The smallest absolute Gasteiger partial charge is 0.410 e. The Balaban J connectivity index is 1.71. The lowest BCUT2D eigenvalue weighted by atomic mass is 10.00. The van der Waals surface area contributed by atoms with E-state index < -0.39 is 5.60 Å². The number of aromatic nitrogens is 3. The normalized spacial score (nSPS) is 16.1. The van der Waals surface area contributed by atoms with Crippen LogP contribution in [0.25, 0.3) is 5.52 Å². The van der Waals surface area contributed by atoms with Crippen molar-refractivity contribution in [2.45, 2.75) is 32.3 Å². The molecule has 1 fully saturated rings. The summed E-state index contributed by atoms with van der Waals surface area (Å²) in [5.74, 6) is 1.09. The maximum atomic E-state index is 11.9. The zero-order valence-corrected chi connectivity index (χ0v) is 13.0. The molecule has 0 radical (unpaired) electrons. The van der Waals surface area contributed by atoms with Crippen molar-refractivity contribution in [3.8, 4) is 0 Å². The van der Waals surface area contributed by atoms with Crippen molar-refractivity contribution in [3.63, 3.8) is 0 Å². The lowest BCUT2D eigenvalue weighted by Gasteiger charge is -2.39. The Morgan fingerprint density at radius 2 is 2.10 bits per heavy atom. The molecule has 1 aliphatic heterocycles. The molecule has 0 saturated carbocycles. The molecule has 1 aliphatic rings. The van der Waals surface area contributed by atoms with Crippen LogP contribution in [0.1, 0.15) is 32.5 Å². The lowest BCUT2D eigenvalue weighted by molar-refractivity contribution is 0.00748. The van der Waals surface area contributed by atoms with Gasteiger partial charge >= 0.3 is 6.09 Å². The Morgan fingerprint density at radius 1 is 1.38 bits per heavy atom. The number of ether oxygens (including phenoxy) is 1. The maximum absolute atomic E-state index is 11.9. The summed E-state index contributed by atoms with van der Waals surface area (Å²) in [6, 6.07) is 0. The molecule has 0 spiro atoms. The summed E-state index contributed by atoms with van der Waals surface area (Å²) in [6.07, 6.45) is 4.91. The van der Waals surface area contributed by atoms with Crippen molar-refractivity contribution in [1.29, 1.82) is 0 Å². The fourth-order valence-corrected chi connectivity index (χ4v) is 2.53. The first-order valence-corrected chi connectivity index (χ1v) is 7.18. The standard InChI is InChI=1S/C14H17ClN4O2/c1-14(2,3)21-13(20)18-7-9(8-18)12-17-6-10-11(15)16-4-5-19(10)12/h4-6,9H,7-8H2,1-3H3. The molecule has 7 heteroatoms. The number of hydrogen-bond donors (Lipinski definition) is 0. The van der Waals surface area contributed by atoms with E-state index in [1.54, 1.807) is 17.3 Å². The van der Waals surface area contributed by atoms with E-state index in [1.165, 1.54) is 0 Å². The van der Waals surface area contributed by atoms with Gasteiger partial charge in [-0.05, 0) is 20.8 Å². The average molecular weight is 309 g/mol. The number of hydrogen-bond acceptors (Lipinski definition) is 4. The Hall–Kier alpha value is -1.82. The van der Waals surface area contributed by atoms with Gasteiger partial charge in [-0.1, -0.05) is 11.6 Å². The van der Waals surface area contributed by atoms with Gasteiger partial charge in [-0.3, -0.25) is 4.40 Å². The summed E-state index contributed by atoms with van der Waals surface area (Å²) in [6.45, 7) is 6.79. The van der Waals surface area contributed by atoms with E-state index in [4.69, 9.17) is 16.3 Å². The van der Waals surface area contributed by atoms with Crippen LogP contribution in [0.4, 0.5) is 4.79 Å². The molecule has 21 heavy (non-hydrogen) atoms. The zero-order valence-electron chi connectivity index (χ0n) is 12.2. The first-order valence-electron chi connectivity index (χ1n) is 6.80. The zero-order chi connectivity index (χ0) is 15.2. The number of amides is 1. The molecule has 2 aromatic rings. The summed E-state index contributed by atoms with van der Waals surface area (Å²) >= 11 is 6.03. The molecule has 6 nitrogen and oxygen atoms in total. The van der Waals surface area contributed by atoms with Gasteiger partial charge in [-0.25, -0.2) is 14.8 Å². The number of likely N-dealkylation sites (tertiary alicyclic amines) is 1. The van der Waals surface area contributed by atoms with Gasteiger partial charge in [-0.15, -0.1) is 0 Å². The molecular formula is C14H17ClN4O2. The van der Waals surface area contributed by atoms with Gasteiger partial charge in [0.1, 0.15) is 16.9 Å². The molecule has 0 N–H and O–H groups in total. The highest BCUT2D eigenvalue weighted by atomic mass is 35.5. The fourth-order valence-electron chi connectivity index (χ4n) is 2.34. The van der Waals surface area contributed by atoms with Gasteiger partial charge in [0.15, 0.2) is 5.15 Å². The van der Waals surface area contributed by atoms with Crippen LogP contribution in [0.5, 0.6) is 0 Å². The molecule has 1 saturated heterocycles. The molecule has 0 unspecified atom stereocenters. The van der Waals surface area contributed by atoms with Gasteiger partial charge in [0.2, 0.25) is 0 Å². The Bertz CT molecular complexity index is 686. The molecule has 0 bridgehead atoms. The van der Waals surface area contributed by atoms with E-state index in [0.717, 1.165) is 11.3 Å². The summed E-state index contributed by atoms with van der Waals surface area (Å²) in [4.78, 5) is 22.0. The quantitative estimate of drug-likeness (QED) is 0.812. The summed E-state index contributed by atoms with van der Waals surface area (Å²) in [5, 5.41) is 0.430. The molecule has 3 heterocycles. The molecule has 0 aliphatic carbocycles. The average Bonchev–Trinajstić information content (AvgIpc) is 2.70. The minimum Gasteiger partial charge on any atom is -0.444 e. The molecular weight excluding hydrogens is 292 g/mol. The van der Waals surface area contributed by atoms with Crippen molar-refractivity contribution in [1.82, 2.24) is 19.3 Å².